The molecule has 1 amide bonds. The predicted octanol–water partition coefficient (Wildman–Crippen LogP) is 2.70. The minimum Gasteiger partial charge on any atom is -0.463 e. The number of ether oxygens (including phenoxy) is 4. The fourth-order valence-electron chi connectivity index (χ4n) is 2.15. The van der Waals surface area contributed by atoms with Crippen molar-refractivity contribution in [3.05, 3.63) is 12.7 Å². The van der Waals surface area contributed by atoms with E-state index in [1.807, 2.05) is 0 Å². The fourth-order valence-corrected chi connectivity index (χ4v) is 3.00. The first kappa shape index (κ1) is 30.2. The molecule has 2 atom stereocenters. The van der Waals surface area contributed by atoms with Gasteiger partial charge in [-0.3, -0.25) is 4.79 Å². The molecule has 0 aliphatic rings. The number of hydrogen-bond acceptors (Lipinski definition) is 9. The molecule has 0 aromatic rings. The minimum absolute atomic E-state index is 0.117. The number of thioether (sulfide) groups is 1. The second-order valence-electron chi connectivity index (χ2n) is 7.68. The van der Waals surface area contributed by atoms with Crippen molar-refractivity contribution in [2.75, 3.05) is 51.1 Å². The molecule has 2 N–H and O–H groups in total. The molecule has 2 unspecified atom stereocenters. The molecule has 0 fully saturated rings. The highest BCUT2D eigenvalue weighted by Gasteiger charge is 2.31. The maximum atomic E-state index is 12.2. The summed E-state index contributed by atoms with van der Waals surface area (Å²) in [5.41, 5.74) is -1.16. The second-order valence-corrected chi connectivity index (χ2v) is 8.90. The Morgan fingerprint density at radius 1 is 1.12 bits per heavy atom. The van der Waals surface area contributed by atoms with Crippen LogP contribution in [0.3, 0.4) is 0 Å². The summed E-state index contributed by atoms with van der Waals surface area (Å²) >= 11 is 1.54. The minimum atomic E-state index is -1.16. The summed E-state index contributed by atoms with van der Waals surface area (Å²) in [6.45, 7) is 10.1. The Kier molecular flexibility index (Phi) is 17.7. The summed E-state index contributed by atoms with van der Waals surface area (Å²) < 4.78 is 21.0. The molecule has 0 aliphatic heterocycles. The zero-order chi connectivity index (χ0) is 24.2. The van der Waals surface area contributed by atoms with Gasteiger partial charge in [-0.05, 0) is 25.0 Å². The van der Waals surface area contributed by atoms with E-state index in [0.29, 0.717) is 37.7 Å². The van der Waals surface area contributed by atoms with Gasteiger partial charge in [-0.2, -0.15) is 11.8 Å². The Morgan fingerprint density at radius 2 is 1.84 bits per heavy atom. The maximum absolute atomic E-state index is 12.2. The van der Waals surface area contributed by atoms with Crippen LogP contribution in [0.15, 0.2) is 12.7 Å². The molecule has 186 valence electrons. The molecule has 0 heterocycles. The molecule has 9 nitrogen and oxygen atoms in total. The van der Waals surface area contributed by atoms with Crippen LogP contribution in [-0.4, -0.2) is 79.8 Å². The molecule has 0 bridgehead atoms. The van der Waals surface area contributed by atoms with Crippen LogP contribution in [0.1, 0.15) is 46.5 Å². The third-order valence-electron chi connectivity index (χ3n) is 4.32. The summed E-state index contributed by atoms with van der Waals surface area (Å²) in [6.07, 6.45) is 2.76. The summed E-state index contributed by atoms with van der Waals surface area (Å²) in [5, 5.41) is 11.4. The Labute approximate surface area is 195 Å². The van der Waals surface area contributed by atoms with Gasteiger partial charge in [0.2, 0.25) is 0 Å². The van der Waals surface area contributed by atoms with Crippen LogP contribution in [0, 0.1) is 5.92 Å². The van der Waals surface area contributed by atoms with E-state index in [1.54, 1.807) is 18.7 Å². The van der Waals surface area contributed by atoms with Crippen molar-refractivity contribution in [1.29, 1.82) is 0 Å². The van der Waals surface area contributed by atoms with Crippen molar-refractivity contribution in [2.24, 2.45) is 5.92 Å². The quantitative estimate of drug-likeness (QED) is 0.125. The second kappa shape index (κ2) is 18.8. The van der Waals surface area contributed by atoms with E-state index in [9.17, 15) is 14.4 Å². The van der Waals surface area contributed by atoms with E-state index in [4.69, 9.17) is 24.1 Å². The lowest BCUT2D eigenvalue weighted by molar-refractivity contribution is -0.148. The average Bonchev–Trinajstić information content (AvgIpc) is 2.78. The van der Waals surface area contributed by atoms with Gasteiger partial charge in [0, 0.05) is 38.1 Å². The van der Waals surface area contributed by atoms with E-state index >= 15 is 0 Å². The maximum Gasteiger partial charge on any atom is 0.407 e. The monoisotopic (exact) mass is 477 g/mol. The predicted molar refractivity (Wildman–Crippen MR) is 124 cm³/mol. The zero-order valence-electron chi connectivity index (χ0n) is 19.6. The van der Waals surface area contributed by atoms with E-state index in [1.165, 1.54) is 0 Å². The van der Waals surface area contributed by atoms with E-state index in [0.717, 1.165) is 18.2 Å². The number of hydrogen-bond donors (Lipinski definition) is 2. The molecule has 0 rings (SSSR count). The van der Waals surface area contributed by atoms with Crippen molar-refractivity contribution >= 4 is 29.8 Å². The number of carbonyl (C=O) groups is 3. The molecule has 0 saturated carbocycles. The van der Waals surface area contributed by atoms with Crippen LogP contribution >= 0.6 is 11.8 Å². The highest BCUT2D eigenvalue weighted by atomic mass is 32.2. The third-order valence-corrected chi connectivity index (χ3v) is 5.39. The Bertz CT molecular complexity index is 560. The van der Waals surface area contributed by atoms with Gasteiger partial charge in [-0.1, -0.05) is 26.8 Å². The van der Waals surface area contributed by atoms with Crippen LogP contribution in [0.5, 0.6) is 0 Å². The lowest BCUT2D eigenvalue weighted by Gasteiger charge is -2.29. The topological polar surface area (TPSA) is 120 Å². The number of rotatable bonds is 19. The van der Waals surface area contributed by atoms with E-state index < -0.39 is 23.6 Å². The van der Waals surface area contributed by atoms with E-state index in [2.05, 4.69) is 25.7 Å². The summed E-state index contributed by atoms with van der Waals surface area (Å²) in [4.78, 5) is 35.6. The molecule has 0 radical (unpaired) electrons. The van der Waals surface area contributed by atoms with Gasteiger partial charge in [0.25, 0.3) is 0 Å². The number of alkyl carbamates (subject to hydrolysis) is 1. The first-order valence-electron chi connectivity index (χ1n) is 10.9. The summed E-state index contributed by atoms with van der Waals surface area (Å²) in [7, 11) is 0. The smallest absolute Gasteiger partial charge is 0.407 e. The third kappa shape index (κ3) is 16.9. The lowest BCUT2D eigenvalue weighted by Crippen LogP contribution is -2.53. The fraction of sp³-hybridized carbons (Fsp3) is 0.773. The normalized spacial score (nSPS) is 13.5. The van der Waals surface area contributed by atoms with Crippen LogP contribution in [0.25, 0.3) is 0 Å². The molecule has 0 aromatic heterocycles. The van der Waals surface area contributed by atoms with Crippen molar-refractivity contribution in [3.8, 4) is 0 Å². The number of amides is 1. The average molecular weight is 478 g/mol. The summed E-state index contributed by atoms with van der Waals surface area (Å²) in [5.74, 6) is 0.720. The van der Waals surface area contributed by atoms with Gasteiger partial charge in [0.05, 0.1) is 13.0 Å². The standard InChI is InChI=1S/C22H39NO8S/c1-5-18(3)15-28-11-8-12-29-21(27)23-22(4,16-30-19(25)6-2)17-31-20(26)9-14-32-13-7-10-24/h6,18,24H,2,5,7-17H2,1,3-4H3,(H,23,27). The van der Waals surface area contributed by atoms with Crippen molar-refractivity contribution in [2.45, 2.75) is 52.0 Å². The first-order valence-corrected chi connectivity index (χ1v) is 12.1. The largest absolute Gasteiger partial charge is 0.463 e. The van der Waals surface area contributed by atoms with Crippen molar-refractivity contribution in [3.63, 3.8) is 0 Å². The van der Waals surface area contributed by atoms with Gasteiger partial charge in [0.1, 0.15) is 18.8 Å². The Balaban J connectivity index is 4.44. The lowest BCUT2D eigenvalue weighted by atomic mass is 10.1. The van der Waals surface area contributed by atoms with E-state index in [-0.39, 0.29) is 32.8 Å². The van der Waals surface area contributed by atoms with Crippen LogP contribution in [0.2, 0.25) is 0 Å². The van der Waals surface area contributed by atoms with Gasteiger partial charge in [-0.25, -0.2) is 9.59 Å². The van der Waals surface area contributed by atoms with Gasteiger partial charge < -0.3 is 29.4 Å². The molecule has 10 heteroatoms. The molecule has 0 aromatic carbocycles. The van der Waals surface area contributed by atoms with Crippen LogP contribution in [0.4, 0.5) is 4.79 Å². The molecule has 32 heavy (non-hydrogen) atoms. The van der Waals surface area contributed by atoms with Gasteiger partial charge >= 0.3 is 18.0 Å². The highest BCUT2D eigenvalue weighted by Crippen LogP contribution is 2.10. The number of aliphatic hydroxyl groups is 1. The summed E-state index contributed by atoms with van der Waals surface area (Å²) in [6, 6.07) is 0. The molecule has 0 aliphatic carbocycles. The number of carbonyl (C=O) groups excluding carboxylic acids is 3. The number of esters is 2. The van der Waals surface area contributed by atoms with Crippen molar-refractivity contribution in [1.82, 2.24) is 5.32 Å². The zero-order valence-corrected chi connectivity index (χ0v) is 20.4. The molecular weight excluding hydrogens is 438 g/mol. The van der Waals surface area contributed by atoms with Gasteiger partial charge in [0.15, 0.2) is 0 Å². The number of aliphatic hydroxyl groups excluding tert-OH is 1. The van der Waals surface area contributed by atoms with Crippen LogP contribution < -0.4 is 5.32 Å². The molecular formula is C22H39NO8S. The first-order chi connectivity index (χ1) is 15.3. The Morgan fingerprint density at radius 3 is 2.50 bits per heavy atom. The molecule has 0 spiro atoms. The SMILES string of the molecule is C=CC(=O)OCC(C)(COC(=O)CCSCCCO)NC(=O)OCCCOCC(C)CC. The highest BCUT2D eigenvalue weighted by molar-refractivity contribution is 7.99. The molecule has 0 saturated heterocycles. The van der Waals surface area contributed by atoms with Crippen LogP contribution in [-0.2, 0) is 28.5 Å². The Hall–Kier alpha value is -1.78. The van der Waals surface area contributed by atoms with Crippen molar-refractivity contribution < 1.29 is 38.4 Å². The number of nitrogens with one attached hydrogen (secondary N) is 1. The van der Waals surface area contributed by atoms with Gasteiger partial charge in [-0.15, -0.1) is 0 Å².